The summed E-state index contributed by atoms with van der Waals surface area (Å²) in [5, 5.41) is 9.19. The first-order chi connectivity index (χ1) is 9.00. The predicted molar refractivity (Wildman–Crippen MR) is 65.1 cm³/mol. The van der Waals surface area contributed by atoms with Gasteiger partial charge in [-0.25, -0.2) is 9.18 Å². The maximum Gasteiger partial charge on any atom is 0.326 e. The van der Waals surface area contributed by atoms with Crippen LogP contribution < -0.4 is 0 Å². The zero-order valence-corrected chi connectivity index (χ0v) is 10.5. The minimum absolute atomic E-state index is 0.129. The van der Waals surface area contributed by atoms with Gasteiger partial charge < -0.3 is 10.0 Å². The number of piperidine rings is 1. The van der Waals surface area contributed by atoms with Gasteiger partial charge in [0.2, 0.25) is 0 Å². The summed E-state index contributed by atoms with van der Waals surface area (Å²) in [7, 11) is 0. The zero-order valence-electron chi connectivity index (χ0n) is 10.5. The summed E-state index contributed by atoms with van der Waals surface area (Å²) in [6.07, 6.45) is 3.39. The fourth-order valence-electron chi connectivity index (χ4n) is 2.32. The van der Waals surface area contributed by atoms with Crippen molar-refractivity contribution in [2.24, 2.45) is 5.92 Å². The third-order valence-corrected chi connectivity index (χ3v) is 3.41. The second-order valence-electron chi connectivity index (χ2n) is 4.84. The molecule has 102 valence electrons. The number of halogens is 1. The summed E-state index contributed by atoms with van der Waals surface area (Å²) < 4.78 is 13.5. The van der Waals surface area contributed by atoms with Crippen LogP contribution in [-0.4, -0.2) is 39.5 Å². The van der Waals surface area contributed by atoms with Crippen LogP contribution in [0.25, 0.3) is 0 Å². The molecule has 1 fully saturated rings. The summed E-state index contributed by atoms with van der Waals surface area (Å²) in [5.41, 5.74) is -0.129. The van der Waals surface area contributed by atoms with E-state index in [1.54, 1.807) is 0 Å². The molecule has 1 aromatic heterocycles. The van der Waals surface area contributed by atoms with Gasteiger partial charge >= 0.3 is 5.97 Å². The molecule has 0 aliphatic carbocycles. The molecule has 2 atom stereocenters. The number of pyridine rings is 1. The van der Waals surface area contributed by atoms with Gasteiger partial charge in [-0.3, -0.25) is 9.78 Å². The number of rotatable bonds is 2. The van der Waals surface area contributed by atoms with E-state index in [0.717, 1.165) is 12.6 Å². The molecule has 0 spiro atoms. The molecule has 0 radical (unpaired) electrons. The number of aliphatic carboxylic acids is 1. The van der Waals surface area contributed by atoms with Crippen LogP contribution in [0.1, 0.15) is 30.1 Å². The number of carbonyl (C=O) groups excluding carboxylic acids is 1. The molecular formula is C13H15FN2O3. The minimum Gasteiger partial charge on any atom is -0.480 e. The van der Waals surface area contributed by atoms with Gasteiger partial charge in [0.15, 0.2) is 5.82 Å². The topological polar surface area (TPSA) is 70.5 Å². The Labute approximate surface area is 110 Å². The van der Waals surface area contributed by atoms with E-state index in [1.807, 2.05) is 6.92 Å². The number of carboxylic acids is 1. The number of hydrogen-bond acceptors (Lipinski definition) is 3. The molecule has 19 heavy (non-hydrogen) atoms. The Morgan fingerprint density at radius 1 is 1.53 bits per heavy atom. The lowest BCUT2D eigenvalue weighted by atomic mass is 9.92. The van der Waals surface area contributed by atoms with E-state index < -0.39 is 23.7 Å². The lowest BCUT2D eigenvalue weighted by Crippen LogP contribution is -2.50. The van der Waals surface area contributed by atoms with Crippen molar-refractivity contribution in [1.82, 2.24) is 9.88 Å². The highest BCUT2D eigenvalue weighted by atomic mass is 19.1. The van der Waals surface area contributed by atoms with E-state index in [2.05, 4.69) is 4.98 Å². The molecule has 0 aromatic carbocycles. The standard InChI is InChI=1S/C13H15FN2O3/c1-8-3-5-16(11(6-8)13(18)19)12(17)9-2-4-15-7-10(9)14/h2,4,7-8,11H,3,5-6H2,1H3,(H,18,19). The number of carboxylic acid groups (broad SMARTS) is 1. The van der Waals surface area contributed by atoms with Gasteiger partial charge in [-0.15, -0.1) is 0 Å². The average Bonchev–Trinajstić information content (AvgIpc) is 2.38. The number of likely N-dealkylation sites (tertiary alicyclic amines) is 1. The Hall–Kier alpha value is -1.98. The van der Waals surface area contributed by atoms with Crippen LogP contribution in [0, 0.1) is 11.7 Å². The molecule has 1 amide bonds. The van der Waals surface area contributed by atoms with Crippen LogP contribution in [0.3, 0.4) is 0 Å². The highest BCUT2D eigenvalue weighted by Gasteiger charge is 2.35. The lowest BCUT2D eigenvalue weighted by molar-refractivity contribution is -0.144. The van der Waals surface area contributed by atoms with Crippen LogP contribution in [0.15, 0.2) is 18.5 Å². The smallest absolute Gasteiger partial charge is 0.326 e. The van der Waals surface area contributed by atoms with E-state index in [1.165, 1.54) is 17.2 Å². The Kier molecular flexibility index (Phi) is 3.78. The van der Waals surface area contributed by atoms with Crippen molar-refractivity contribution >= 4 is 11.9 Å². The molecule has 1 aliphatic heterocycles. The molecule has 5 nitrogen and oxygen atoms in total. The molecule has 2 unspecified atom stereocenters. The monoisotopic (exact) mass is 266 g/mol. The summed E-state index contributed by atoms with van der Waals surface area (Å²) in [6.45, 7) is 2.28. The van der Waals surface area contributed by atoms with Crippen molar-refractivity contribution in [2.45, 2.75) is 25.8 Å². The third kappa shape index (κ3) is 2.72. The number of amides is 1. The van der Waals surface area contributed by atoms with Crippen molar-refractivity contribution in [3.8, 4) is 0 Å². The molecule has 1 N–H and O–H groups in total. The van der Waals surface area contributed by atoms with E-state index in [-0.39, 0.29) is 11.5 Å². The van der Waals surface area contributed by atoms with Gasteiger partial charge in [-0.2, -0.15) is 0 Å². The maximum atomic E-state index is 13.5. The average molecular weight is 266 g/mol. The maximum absolute atomic E-state index is 13.5. The highest BCUT2D eigenvalue weighted by molar-refractivity contribution is 5.96. The Balaban J connectivity index is 2.27. The summed E-state index contributed by atoms with van der Waals surface area (Å²) in [6, 6.07) is 0.387. The van der Waals surface area contributed by atoms with Crippen LogP contribution in [0.2, 0.25) is 0 Å². The van der Waals surface area contributed by atoms with Crippen molar-refractivity contribution < 1.29 is 19.1 Å². The second-order valence-corrected chi connectivity index (χ2v) is 4.84. The van der Waals surface area contributed by atoms with Crippen LogP contribution in [-0.2, 0) is 4.79 Å². The van der Waals surface area contributed by atoms with Crippen molar-refractivity contribution in [1.29, 1.82) is 0 Å². The minimum atomic E-state index is -1.05. The van der Waals surface area contributed by atoms with Crippen LogP contribution in [0.4, 0.5) is 4.39 Å². The Morgan fingerprint density at radius 3 is 2.89 bits per heavy atom. The van der Waals surface area contributed by atoms with E-state index in [0.29, 0.717) is 13.0 Å². The third-order valence-electron chi connectivity index (χ3n) is 3.41. The van der Waals surface area contributed by atoms with Gasteiger partial charge in [0.05, 0.1) is 11.8 Å². The van der Waals surface area contributed by atoms with E-state index >= 15 is 0 Å². The molecule has 2 rings (SSSR count). The molecule has 1 aromatic rings. The first kappa shape index (κ1) is 13.5. The van der Waals surface area contributed by atoms with Crippen molar-refractivity contribution in [2.75, 3.05) is 6.54 Å². The van der Waals surface area contributed by atoms with Gasteiger partial charge in [-0.1, -0.05) is 6.92 Å². The Morgan fingerprint density at radius 2 is 2.26 bits per heavy atom. The quantitative estimate of drug-likeness (QED) is 0.881. The van der Waals surface area contributed by atoms with E-state index in [4.69, 9.17) is 0 Å². The van der Waals surface area contributed by atoms with Crippen molar-refractivity contribution in [3.63, 3.8) is 0 Å². The summed E-state index contributed by atoms with van der Waals surface area (Å²) in [5.74, 6) is -2.11. The Bertz CT molecular complexity index is 506. The molecule has 6 heteroatoms. The molecule has 1 saturated heterocycles. The zero-order chi connectivity index (χ0) is 14.0. The number of carbonyl (C=O) groups is 2. The number of nitrogens with zero attached hydrogens (tertiary/aromatic N) is 2. The largest absolute Gasteiger partial charge is 0.480 e. The molecule has 0 bridgehead atoms. The molecule has 1 aliphatic rings. The van der Waals surface area contributed by atoms with Gasteiger partial charge in [0, 0.05) is 12.7 Å². The number of aromatic nitrogens is 1. The molecule has 2 heterocycles. The second kappa shape index (κ2) is 5.34. The van der Waals surface area contributed by atoms with Gasteiger partial charge in [-0.05, 0) is 24.8 Å². The first-order valence-corrected chi connectivity index (χ1v) is 6.14. The number of hydrogen-bond donors (Lipinski definition) is 1. The van der Waals surface area contributed by atoms with Crippen LogP contribution >= 0.6 is 0 Å². The van der Waals surface area contributed by atoms with E-state index in [9.17, 15) is 19.1 Å². The lowest BCUT2D eigenvalue weighted by Gasteiger charge is -2.36. The van der Waals surface area contributed by atoms with Crippen LogP contribution in [0.5, 0.6) is 0 Å². The molecule has 0 saturated carbocycles. The van der Waals surface area contributed by atoms with Crippen molar-refractivity contribution in [3.05, 3.63) is 29.8 Å². The fourth-order valence-corrected chi connectivity index (χ4v) is 2.32. The highest BCUT2D eigenvalue weighted by Crippen LogP contribution is 2.24. The fraction of sp³-hybridized carbons (Fsp3) is 0.462. The van der Waals surface area contributed by atoms with Gasteiger partial charge in [0.1, 0.15) is 6.04 Å². The van der Waals surface area contributed by atoms with Gasteiger partial charge in [0.25, 0.3) is 5.91 Å². The first-order valence-electron chi connectivity index (χ1n) is 6.14. The SMILES string of the molecule is CC1CCN(C(=O)c2ccncc2F)C(C(=O)O)C1. The predicted octanol–water partition coefficient (Wildman–Crippen LogP) is 1.55. The summed E-state index contributed by atoms with van der Waals surface area (Å²) in [4.78, 5) is 28.3. The summed E-state index contributed by atoms with van der Waals surface area (Å²) >= 11 is 0. The molecular weight excluding hydrogens is 251 g/mol. The normalized spacial score (nSPS) is 23.2.